The van der Waals surface area contributed by atoms with Crippen LogP contribution in [-0.4, -0.2) is 26.2 Å². The number of carbonyl (C=O) groups is 2. The number of benzene rings is 2. The molecule has 0 atom stereocenters. The lowest BCUT2D eigenvalue weighted by Crippen LogP contribution is -2.08. The van der Waals surface area contributed by atoms with E-state index < -0.39 is 17.6 Å². The second-order valence-electron chi connectivity index (χ2n) is 6.04. The number of fused-ring (bicyclic) bond motifs is 1. The van der Waals surface area contributed by atoms with Crippen molar-refractivity contribution in [2.75, 3.05) is 14.2 Å². The maximum Gasteiger partial charge on any atom is 0.344 e. The van der Waals surface area contributed by atoms with Crippen molar-refractivity contribution in [2.24, 2.45) is 0 Å². The van der Waals surface area contributed by atoms with Crippen LogP contribution in [0.1, 0.15) is 13.8 Å². The van der Waals surface area contributed by atoms with Crippen molar-refractivity contribution in [3.05, 3.63) is 46.8 Å². The Kier molecular flexibility index (Phi) is 5.54. The first kappa shape index (κ1) is 19.9. The number of esters is 2. The molecule has 29 heavy (non-hydrogen) atoms. The molecule has 0 saturated carbocycles. The lowest BCUT2D eigenvalue weighted by atomic mass is 10.0. The van der Waals surface area contributed by atoms with Crippen LogP contribution in [0.25, 0.3) is 22.1 Å². The standard InChI is InChI=1S/C21H18O8/c1-11(22)27-16-6-5-13(8-20(16)28-12(2)23)15-7-14-9-18(25-3)19(26-4)10-17(14)29-21(15)24/h5-10H,1-4H3. The monoisotopic (exact) mass is 398 g/mol. The minimum absolute atomic E-state index is 0.0111. The zero-order valence-electron chi connectivity index (χ0n) is 16.2. The molecule has 3 aromatic rings. The predicted octanol–water partition coefficient (Wildman–Crippen LogP) is 3.33. The summed E-state index contributed by atoms with van der Waals surface area (Å²) in [5.74, 6) is -0.190. The van der Waals surface area contributed by atoms with Crippen LogP contribution in [0.15, 0.2) is 45.6 Å². The smallest absolute Gasteiger partial charge is 0.344 e. The summed E-state index contributed by atoms with van der Waals surface area (Å²) in [6.07, 6.45) is 0. The van der Waals surface area contributed by atoms with Crippen molar-refractivity contribution in [3.63, 3.8) is 0 Å². The van der Waals surface area contributed by atoms with Crippen molar-refractivity contribution < 1.29 is 33.0 Å². The Morgan fingerprint density at radius 2 is 1.41 bits per heavy atom. The van der Waals surface area contributed by atoms with Gasteiger partial charge in [0, 0.05) is 25.3 Å². The van der Waals surface area contributed by atoms with Crippen LogP contribution < -0.4 is 24.6 Å². The second kappa shape index (κ2) is 8.05. The highest BCUT2D eigenvalue weighted by atomic mass is 16.6. The number of methoxy groups -OCH3 is 2. The van der Waals surface area contributed by atoms with E-state index in [4.69, 9.17) is 23.4 Å². The van der Waals surface area contributed by atoms with Crippen molar-refractivity contribution in [3.8, 4) is 34.1 Å². The van der Waals surface area contributed by atoms with Crippen molar-refractivity contribution in [2.45, 2.75) is 13.8 Å². The molecular weight excluding hydrogens is 380 g/mol. The Labute approximate surface area is 165 Å². The normalized spacial score (nSPS) is 10.5. The van der Waals surface area contributed by atoms with Crippen molar-refractivity contribution in [1.29, 1.82) is 0 Å². The quantitative estimate of drug-likeness (QED) is 0.366. The van der Waals surface area contributed by atoms with Crippen LogP contribution in [-0.2, 0) is 9.59 Å². The molecule has 1 heterocycles. The first-order valence-corrected chi connectivity index (χ1v) is 8.53. The van der Waals surface area contributed by atoms with Gasteiger partial charge in [0.15, 0.2) is 23.0 Å². The van der Waals surface area contributed by atoms with E-state index in [-0.39, 0.29) is 17.1 Å². The van der Waals surface area contributed by atoms with Crippen LogP contribution >= 0.6 is 0 Å². The zero-order valence-corrected chi connectivity index (χ0v) is 16.2. The molecule has 0 aliphatic heterocycles. The van der Waals surface area contributed by atoms with Gasteiger partial charge in [0.25, 0.3) is 0 Å². The fraction of sp³-hybridized carbons (Fsp3) is 0.190. The Morgan fingerprint density at radius 3 is 2.03 bits per heavy atom. The maximum atomic E-state index is 12.6. The Bertz CT molecular complexity index is 1160. The molecular formula is C21H18O8. The average molecular weight is 398 g/mol. The summed E-state index contributed by atoms with van der Waals surface area (Å²) in [5, 5.41) is 0.607. The highest BCUT2D eigenvalue weighted by Gasteiger charge is 2.16. The molecule has 8 heteroatoms. The Morgan fingerprint density at radius 1 is 0.793 bits per heavy atom. The van der Waals surface area contributed by atoms with Gasteiger partial charge in [0.1, 0.15) is 5.58 Å². The molecule has 0 fully saturated rings. The van der Waals surface area contributed by atoms with Gasteiger partial charge in [0.05, 0.1) is 19.8 Å². The molecule has 3 rings (SSSR count). The van der Waals surface area contributed by atoms with Crippen molar-refractivity contribution in [1.82, 2.24) is 0 Å². The summed E-state index contributed by atoms with van der Waals surface area (Å²) in [6.45, 7) is 2.44. The molecule has 0 radical (unpaired) electrons. The SMILES string of the molecule is COc1cc2cc(-c3ccc(OC(C)=O)c(OC(C)=O)c3)c(=O)oc2cc1OC. The number of ether oxygens (including phenoxy) is 4. The predicted molar refractivity (Wildman–Crippen MR) is 104 cm³/mol. The van der Waals surface area contributed by atoms with Gasteiger partial charge in [0.2, 0.25) is 0 Å². The van der Waals surface area contributed by atoms with E-state index in [0.29, 0.717) is 28.0 Å². The lowest BCUT2D eigenvalue weighted by molar-refractivity contribution is -0.134. The summed E-state index contributed by atoms with van der Waals surface area (Å²) >= 11 is 0. The highest BCUT2D eigenvalue weighted by Crippen LogP contribution is 2.35. The molecule has 0 bridgehead atoms. The lowest BCUT2D eigenvalue weighted by Gasteiger charge is -2.11. The van der Waals surface area contributed by atoms with Gasteiger partial charge in [-0.1, -0.05) is 6.07 Å². The second-order valence-corrected chi connectivity index (χ2v) is 6.04. The summed E-state index contributed by atoms with van der Waals surface area (Å²) in [5.41, 5.74) is 0.377. The first-order chi connectivity index (χ1) is 13.8. The van der Waals surface area contributed by atoms with E-state index in [1.807, 2.05) is 0 Å². The fourth-order valence-corrected chi connectivity index (χ4v) is 2.80. The molecule has 150 valence electrons. The number of carbonyl (C=O) groups excluding carboxylic acids is 2. The molecule has 0 aliphatic carbocycles. The van der Waals surface area contributed by atoms with Gasteiger partial charge in [-0.25, -0.2) is 4.79 Å². The third-order valence-electron chi connectivity index (χ3n) is 4.00. The van der Waals surface area contributed by atoms with Gasteiger partial charge < -0.3 is 23.4 Å². The van der Waals surface area contributed by atoms with E-state index in [1.54, 1.807) is 24.3 Å². The number of hydrogen-bond acceptors (Lipinski definition) is 8. The van der Waals surface area contributed by atoms with Gasteiger partial charge >= 0.3 is 17.6 Å². The molecule has 1 aromatic heterocycles. The maximum absolute atomic E-state index is 12.6. The third kappa shape index (κ3) is 4.21. The molecule has 0 N–H and O–H groups in total. The van der Waals surface area contributed by atoms with Crippen LogP contribution in [0.2, 0.25) is 0 Å². The molecule has 8 nitrogen and oxygen atoms in total. The topological polar surface area (TPSA) is 101 Å². The molecule has 0 saturated heterocycles. The molecule has 0 unspecified atom stereocenters. The van der Waals surface area contributed by atoms with Gasteiger partial charge in [-0.3, -0.25) is 9.59 Å². The summed E-state index contributed by atoms with van der Waals surface area (Å²) in [6, 6.07) is 9.30. The largest absolute Gasteiger partial charge is 0.493 e. The van der Waals surface area contributed by atoms with E-state index >= 15 is 0 Å². The summed E-state index contributed by atoms with van der Waals surface area (Å²) < 4.78 is 26.1. The third-order valence-corrected chi connectivity index (χ3v) is 4.00. The van der Waals surface area contributed by atoms with Crippen LogP contribution in [0, 0.1) is 0 Å². The van der Waals surface area contributed by atoms with Crippen LogP contribution in [0.5, 0.6) is 23.0 Å². The number of hydrogen-bond donors (Lipinski definition) is 0. The average Bonchev–Trinajstić information content (AvgIpc) is 2.67. The minimum Gasteiger partial charge on any atom is -0.493 e. The molecule has 0 amide bonds. The van der Waals surface area contributed by atoms with E-state index in [0.717, 1.165) is 0 Å². The molecule has 0 aliphatic rings. The van der Waals surface area contributed by atoms with Gasteiger partial charge in [-0.15, -0.1) is 0 Å². The van der Waals surface area contributed by atoms with E-state index in [1.165, 1.54) is 40.2 Å². The summed E-state index contributed by atoms with van der Waals surface area (Å²) in [4.78, 5) is 35.2. The van der Waals surface area contributed by atoms with Gasteiger partial charge in [-0.05, 0) is 29.8 Å². The fourth-order valence-electron chi connectivity index (χ4n) is 2.80. The van der Waals surface area contributed by atoms with Crippen molar-refractivity contribution >= 4 is 22.9 Å². The van der Waals surface area contributed by atoms with E-state index in [2.05, 4.69) is 0 Å². The highest BCUT2D eigenvalue weighted by molar-refractivity contribution is 5.85. The van der Waals surface area contributed by atoms with Crippen LogP contribution in [0.3, 0.4) is 0 Å². The van der Waals surface area contributed by atoms with Gasteiger partial charge in [-0.2, -0.15) is 0 Å². The van der Waals surface area contributed by atoms with E-state index in [9.17, 15) is 14.4 Å². The Hall–Kier alpha value is -3.81. The zero-order chi connectivity index (χ0) is 21.1. The number of rotatable bonds is 5. The summed E-state index contributed by atoms with van der Waals surface area (Å²) in [7, 11) is 2.99. The molecule has 2 aromatic carbocycles. The minimum atomic E-state index is -0.599. The first-order valence-electron chi connectivity index (χ1n) is 8.53. The van der Waals surface area contributed by atoms with Crippen LogP contribution in [0.4, 0.5) is 0 Å². The Balaban J connectivity index is 2.16. The molecule has 0 spiro atoms.